The number of methoxy groups -OCH3 is 1. The SMILES string of the molecule is CCOC(=O)c1c(C)nc2c(cnn2CCCCOC)c1N. The van der Waals surface area contributed by atoms with E-state index in [4.69, 9.17) is 15.2 Å². The number of anilines is 1. The van der Waals surface area contributed by atoms with E-state index >= 15 is 0 Å². The highest BCUT2D eigenvalue weighted by atomic mass is 16.5. The third-order valence-electron chi connectivity index (χ3n) is 3.45. The van der Waals surface area contributed by atoms with E-state index in [1.54, 1.807) is 27.2 Å². The summed E-state index contributed by atoms with van der Waals surface area (Å²) in [6, 6.07) is 0. The molecule has 0 fully saturated rings. The van der Waals surface area contributed by atoms with Gasteiger partial charge in [-0.3, -0.25) is 0 Å². The molecule has 0 bridgehead atoms. The topological polar surface area (TPSA) is 92.3 Å². The zero-order valence-corrected chi connectivity index (χ0v) is 13.3. The van der Waals surface area contributed by atoms with Crippen molar-refractivity contribution < 1.29 is 14.3 Å². The first-order valence-electron chi connectivity index (χ1n) is 7.37. The predicted molar refractivity (Wildman–Crippen MR) is 83.7 cm³/mol. The Bertz CT molecular complexity index is 666. The quantitative estimate of drug-likeness (QED) is 0.620. The maximum Gasteiger partial charge on any atom is 0.342 e. The summed E-state index contributed by atoms with van der Waals surface area (Å²) in [5.41, 5.74) is 8.08. The summed E-state index contributed by atoms with van der Waals surface area (Å²) in [4.78, 5) is 16.5. The van der Waals surface area contributed by atoms with Crippen molar-refractivity contribution in [3.8, 4) is 0 Å². The highest BCUT2D eigenvalue weighted by Gasteiger charge is 2.20. The lowest BCUT2D eigenvalue weighted by atomic mass is 10.1. The maximum absolute atomic E-state index is 12.0. The Morgan fingerprint density at radius 3 is 2.86 bits per heavy atom. The Balaban J connectivity index is 2.32. The monoisotopic (exact) mass is 306 g/mol. The average Bonchev–Trinajstić information content (AvgIpc) is 2.87. The molecule has 7 heteroatoms. The van der Waals surface area contributed by atoms with Crippen molar-refractivity contribution in [2.24, 2.45) is 0 Å². The van der Waals surface area contributed by atoms with Gasteiger partial charge in [-0.1, -0.05) is 0 Å². The normalized spacial score (nSPS) is 11.0. The molecule has 0 amide bonds. The Labute approximate surface area is 129 Å². The summed E-state index contributed by atoms with van der Waals surface area (Å²) in [7, 11) is 1.69. The van der Waals surface area contributed by atoms with Crippen LogP contribution in [0.15, 0.2) is 6.20 Å². The van der Waals surface area contributed by atoms with Crippen molar-refractivity contribution in [1.82, 2.24) is 14.8 Å². The number of unbranched alkanes of at least 4 members (excludes halogenated alkanes) is 1. The molecule has 0 saturated carbocycles. The predicted octanol–water partition coefficient (Wildman–Crippen LogP) is 1.93. The van der Waals surface area contributed by atoms with Crippen molar-refractivity contribution in [1.29, 1.82) is 0 Å². The van der Waals surface area contributed by atoms with Crippen LogP contribution in [0.4, 0.5) is 5.69 Å². The summed E-state index contributed by atoms with van der Waals surface area (Å²) in [6.07, 6.45) is 3.54. The molecule has 0 aliphatic heterocycles. The standard InChI is InChI=1S/C15H22N4O3/c1-4-22-15(20)12-10(2)18-14-11(13(12)16)9-17-19(14)7-5-6-8-21-3/h9H,4-8H2,1-3H3,(H2,16,18). The summed E-state index contributed by atoms with van der Waals surface area (Å²) >= 11 is 0. The third-order valence-corrected chi connectivity index (χ3v) is 3.45. The van der Waals surface area contributed by atoms with E-state index in [2.05, 4.69) is 10.1 Å². The molecule has 2 N–H and O–H groups in total. The summed E-state index contributed by atoms with van der Waals surface area (Å²) < 4.78 is 11.9. The number of rotatable bonds is 7. The van der Waals surface area contributed by atoms with Crippen LogP contribution < -0.4 is 5.73 Å². The molecule has 2 aromatic heterocycles. The molecular weight excluding hydrogens is 284 g/mol. The van der Waals surface area contributed by atoms with Crippen LogP contribution >= 0.6 is 0 Å². The zero-order chi connectivity index (χ0) is 16.1. The first-order valence-corrected chi connectivity index (χ1v) is 7.37. The lowest BCUT2D eigenvalue weighted by molar-refractivity contribution is 0.0526. The minimum Gasteiger partial charge on any atom is -0.462 e. The van der Waals surface area contributed by atoms with Crippen molar-refractivity contribution in [2.75, 3.05) is 26.1 Å². The fraction of sp³-hybridized carbons (Fsp3) is 0.533. The van der Waals surface area contributed by atoms with Gasteiger partial charge in [0.15, 0.2) is 5.65 Å². The highest BCUT2D eigenvalue weighted by molar-refractivity contribution is 6.04. The average molecular weight is 306 g/mol. The van der Waals surface area contributed by atoms with Crippen molar-refractivity contribution in [3.05, 3.63) is 17.5 Å². The number of fused-ring (bicyclic) bond motifs is 1. The fourth-order valence-electron chi connectivity index (χ4n) is 2.36. The van der Waals surface area contributed by atoms with Gasteiger partial charge in [0.1, 0.15) is 5.56 Å². The number of aryl methyl sites for hydroxylation is 2. The number of nitrogens with two attached hydrogens (primary N) is 1. The molecule has 7 nitrogen and oxygen atoms in total. The minimum absolute atomic E-state index is 0.300. The molecule has 0 atom stereocenters. The Hall–Kier alpha value is -2.15. The largest absolute Gasteiger partial charge is 0.462 e. The number of nitrogens with zero attached hydrogens (tertiary/aromatic N) is 3. The second-order valence-corrected chi connectivity index (χ2v) is 5.01. The van der Waals surface area contributed by atoms with Gasteiger partial charge < -0.3 is 15.2 Å². The number of carbonyl (C=O) groups excluding carboxylic acids is 1. The van der Waals surface area contributed by atoms with Crippen molar-refractivity contribution >= 4 is 22.7 Å². The third kappa shape index (κ3) is 3.19. The van der Waals surface area contributed by atoms with Crippen molar-refractivity contribution in [3.63, 3.8) is 0 Å². The van der Waals surface area contributed by atoms with Crippen LogP contribution in [0.2, 0.25) is 0 Å². The van der Waals surface area contributed by atoms with Gasteiger partial charge in [-0.2, -0.15) is 5.10 Å². The molecule has 2 heterocycles. The number of esters is 1. The van der Waals surface area contributed by atoms with Gasteiger partial charge in [-0.25, -0.2) is 14.5 Å². The molecule has 2 rings (SSSR count). The molecule has 0 spiro atoms. The Morgan fingerprint density at radius 1 is 1.41 bits per heavy atom. The molecule has 2 aromatic rings. The Kier molecular flexibility index (Phi) is 5.32. The van der Waals surface area contributed by atoms with Crippen LogP contribution in [0.25, 0.3) is 11.0 Å². The van der Waals surface area contributed by atoms with Crippen LogP contribution in [0.1, 0.15) is 35.8 Å². The van der Waals surface area contributed by atoms with Gasteiger partial charge in [-0.05, 0) is 26.7 Å². The van der Waals surface area contributed by atoms with Crippen LogP contribution in [0, 0.1) is 6.92 Å². The molecule has 0 aliphatic rings. The number of ether oxygens (including phenoxy) is 2. The molecule has 22 heavy (non-hydrogen) atoms. The Morgan fingerprint density at radius 2 is 2.18 bits per heavy atom. The zero-order valence-electron chi connectivity index (χ0n) is 13.3. The number of aromatic nitrogens is 3. The van der Waals surface area contributed by atoms with Gasteiger partial charge >= 0.3 is 5.97 Å². The van der Waals surface area contributed by atoms with Crippen molar-refractivity contribution in [2.45, 2.75) is 33.2 Å². The molecule has 120 valence electrons. The van der Waals surface area contributed by atoms with E-state index in [0.29, 0.717) is 34.6 Å². The van der Waals surface area contributed by atoms with Gasteiger partial charge in [0, 0.05) is 20.3 Å². The lowest BCUT2D eigenvalue weighted by Gasteiger charge is -2.10. The van der Waals surface area contributed by atoms with Crippen LogP contribution in [-0.4, -0.2) is 41.1 Å². The van der Waals surface area contributed by atoms with E-state index in [1.165, 1.54) is 0 Å². The molecule has 0 saturated heterocycles. The molecule has 0 radical (unpaired) electrons. The molecular formula is C15H22N4O3. The number of hydrogen-bond acceptors (Lipinski definition) is 6. The summed E-state index contributed by atoms with van der Waals surface area (Å²) in [5, 5.41) is 5.00. The minimum atomic E-state index is -0.445. The van der Waals surface area contributed by atoms with Crippen LogP contribution in [-0.2, 0) is 16.0 Å². The second-order valence-electron chi connectivity index (χ2n) is 5.01. The molecule has 0 aliphatic carbocycles. The molecule has 0 unspecified atom stereocenters. The smallest absolute Gasteiger partial charge is 0.342 e. The van der Waals surface area contributed by atoms with E-state index < -0.39 is 5.97 Å². The summed E-state index contributed by atoms with van der Waals surface area (Å²) in [5.74, 6) is -0.445. The number of pyridine rings is 1. The van der Waals surface area contributed by atoms with Gasteiger partial charge in [0.25, 0.3) is 0 Å². The van der Waals surface area contributed by atoms with Gasteiger partial charge in [0.05, 0.1) is 29.6 Å². The first-order chi connectivity index (χ1) is 10.6. The van der Waals surface area contributed by atoms with Gasteiger partial charge in [0.2, 0.25) is 0 Å². The second kappa shape index (κ2) is 7.22. The van der Waals surface area contributed by atoms with Crippen LogP contribution in [0.5, 0.6) is 0 Å². The first kappa shape index (κ1) is 16.2. The van der Waals surface area contributed by atoms with E-state index in [9.17, 15) is 4.79 Å². The maximum atomic E-state index is 12.0. The lowest BCUT2D eigenvalue weighted by Crippen LogP contribution is -2.12. The van der Waals surface area contributed by atoms with E-state index in [-0.39, 0.29) is 0 Å². The number of nitrogen functional groups attached to an aromatic ring is 1. The van der Waals surface area contributed by atoms with E-state index in [0.717, 1.165) is 26.0 Å². The van der Waals surface area contributed by atoms with Gasteiger partial charge in [-0.15, -0.1) is 0 Å². The number of hydrogen-bond donors (Lipinski definition) is 1. The summed E-state index contributed by atoms with van der Waals surface area (Å²) in [6.45, 7) is 5.27. The number of carbonyl (C=O) groups is 1. The van der Waals surface area contributed by atoms with E-state index in [1.807, 2.05) is 4.68 Å². The fourth-order valence-corrected chi connectivity index (χ4v) is 2.36. The van der Waals surface area contributed by atoms with Crippen LogP contribution in [0.3, 0.4) is 0 Å². The molecule has 0 aromatic carbocycles. The highest BCUT2D eigenvalue weighted by Crippen LogP contribution is 2.26.